The van der Waals surface area contributed by atoms with Crippen molar-refractivity contribution in [1.29, 1.82) is 0 Å². The molecule has 1 aromatic heterocycles. The van der Waals surface area contributed by atoms with Gasteiger partial charge in [0, 0.05) is 0 Å². The van der Waals surface area contributed by atoms with Gasteiger partial charge in [-0.2, -0.15) is 13.2 Å². The topological polar surface area (TPSA) is 83.3 Å². The molecule has 0 spiro atoms. The van der Waals surface area contributed by atoms with Crippen molar-refractivity contribution in [1.82, 2.24) is 9.97 Å². The average Bonchev–Trinajstić information content (AvgIpc) is 2.15. The first-order valence-electron chi connectivity index (χ1n) is 3.62. The van der Waals surface area contributed by atoms with Crippen LogP contribution >= 0.6 is 0 Å². The van der Waals surface area contributed by atoms with E-state index in [0.717, 1.165) is 0 Å². The van der Waals surface area contributed by atoms with Crippen molar-refractivity contribution in [2.24, 2.45) is 0 Å². The number of alkyl halides is 3. The van der Waals surface area contributed by atoms with Crippen LogP contribution in [0.25, 0.3) is 0 Å². The van der Waals surface area contributed by atoms with E-state index in [4.69, 9.17) is 10.2 Å². The molecule has 1 rings (SSSR count). The largest absolute Gasteiger partial charge is 0.434 e. The van der Waals surface area contributed by atoms with Gasteiger partial charge in [0.15, 0.2) is 5.69 Å². The summed E-state index contributed by atoms with van der Waals surface area (Å²) in [6.45, 7) is 0. The monoisotopic (exact) mass is 222 g/mol. The number of Topliss-reactive ketones (excluding diaryl/α,β-unsaturated/α-hetero) is 1. The van der Waals surface area contributed by atoms with E-state index in [1.165, 1.54) is 0 Å². The first-order valence-corrected chi connectivity index (χ1v) is 3.62. The number of hydrogen-bond donors (Lipinski definition) is 2. The number of aliphatic hydroxyl groups is 2. The highest BCUT2D eigenvalue weighted by atomic mass is 19.4. The molecular formula is C7H5F3N2O3. The highest BCUT2D eigenvalue weighted by Gasteiger charge is 2.33. The van der Waals surface area contributed by atoms with Crippen molar-refractivity contribution in [2.45, 2.75) is 12.5 Å². The van der Waals surface area contributed by atoms with Crippen LogP contribution in [0.5, 0.6) is 0 Å². The van der Waals surface area contributed by atoms with Crippen molar-refractivity contribution in [3.8, 4) is 0 Å². The lowest BCUT2D eigenvalue weighted by atomic mass is 10.3. The second-order valence-electron chi connectivity index (χ2n) is 2.52. The Balaban J connectivity index is 2.96. The average molecular weight is 222 g/mol. The molecular weight excluding hydrogens is 217 g/mol. The summed E-state index contributed by atoms with van der Waals surface area (Å²) >= 11 is 0. The number of ketones is 1. The summed E-state index contributed by atoms with van der Waals surface area (Å²) in [4.78, 5) is 16.9. The van der Waals surface area contributed by atoms with Gasteiger partial charge in [0.05, 0.1) is 12.4 Å². The number of carbonyl (C=O) groups excluding carboxylic acids is 1. The van der Waals surface area contributed by atoms with Crippen LogP contribution in [0.2, 0.25) is 0 Å². The summed E-state index contributed by atoms with van der Waals surface area (Å²) in [6.07, 6.45) is -6.08. The van der Waals surface area contributed by atoms with Crippen LogP contribution in [-0.2, 0) is 6.18 Å². The smallest absolute Gasteiger partial charge is 0.362 e. The van der Waals surface area contributed by atoms with Gasteiger partial charge in [-0.1, -0.05) is 0 Å². The summed E-state index contributed by atoms with van der Waals surface area (Å²) < 4.78 is 36.0. The van der Waals surface area contributed by atoms with Crippen LogP contribution in [0.3, 0.4) is 0 Å². The Kier molecular flexibility index (Phi) is 3.01. The molecule has 1 aromatic rings. The number of aromatic nitrogens is 2. The van der Waals surface area contributed by atoms with Crippen LogP contribution in [0.1, 0.15) is 16.2 Å². The molecule has 0 unspecified atom stereocenters. The fourth-order valence-corrected chi connectivity index (χ4v) is 0.734. The number of nitrogens with zero attached hydrogens (tertiary/aromatic N) is 2. The van der Waals surface area contributed by atoms with Crippen LogP contribution in [0.4, 0.5) is 13.2 Å². The van der Waals surface area contributed by atoms with E-state index < -0.39 is 29.6 Å². The van der Waals surface area contributed by atoms with Gasteiger partial charge >= 0.3 is 6.18 Å². The van der Waals surface area contributed by atoms with E-state index in [1.807, 2.05) is 0 Å². The highest BCUT2D eigenvalue weighted by molar-refractivity contribution is 5.96. The van der Waals surface area contributed by atoms with E-state index in [9.17, 15) is 18.0 Å². The van der Waals surface area contributed by atoms with Gasteiger partial charge in [0.2, 0.25) is 12.1 Å². The lowest BCUT2D eigenvalue weighted by Gasteiger charge is -2.05. The summed E-state index contributed by atoms with van der Waals surface area (Å²) in [5, 5.41) is 16.8. The molecule has 2 N–H and O–H groups in total. The van der Waals surface area contributed by atoms with Crippen molar-refractivity contribution in [2.75, 3.05) is 0 Å². The normalized spacial score (nSPS) is 11.9. The lowest BCUT2D eigenvalue weighted by molar-refractivity contribution is -0.141. The molecule has 82 valence electrons. The van der Waals surface area contributed by atoms with E-state index in [0.29, 0.717) is 12.4 Å². The van der Waals surface area contributed by atoms with E-state index >= 15 is 0 Å². The van der Waals surface area contributed by atoms with Gasteiger partial charge in [0.1, 0.15) is 5.69 Å². The second-order valence-corrected chi connectivity index (χ2v) is 2.52. The molecule has 5 nitrogen and oxygen atoms in total. The maximum absolute atomic E-state index is 12.0. The Bertz CT molecular complexity index is 361. The van der Waals surface area contributed by atoms with Gasteiger partial charge in [-0.25, -0.2) is 9.97 Å². The van der Waals surface area contributed by atoms with E-state index in [-0.39, 0.29) is 0 Å². The Morgan fingerprint density at radius 1 is 1.27 bits per heavy atom. The second kappa shape index (κ2) is 3.91. The zero-order valence-electron chi connectivity index (χ0n) is 7.06. The molecule has 0 aliphatic carbocycles. The minimum atomic E-state index is -4.65. The third kappa shape index (κ3) is 2.70. The maximum Gasteiger partial charge on any atom is 0.434 e. The highest BCUT2D eigenvalue weighted by Crippen LogP contribution is 2.26. The van der Waals surface area contributed by atoms with Gasteiger partial charge in [-0.3, -0.25) is 4.79 Å². The molecule has 8 heteroatoms. The number of rotatable bonds is 2. The third-order valence-corrected chi connectivity index (χ3v) is 1.43. The first kappa shape index (κ1) is 11.5. The van der Waals surface area contributed by atoms with E-state index in [1.54, 1.807) is 0 Å². The summed E-state index contributed by atoms with van der Waals surface area (Å²) in [7, 11) is 0. The quantitative estimate of drug-likeness (QED) is 0.543. The molecule has 0 bridgehead atoms. The van der Waals surface area contributed by atoms with Crippen molar-refractivity contribution < 1.29 is 28.2 Å². The minimum Gasteiger partial charge on any atom is -0.362 e. The van der Waals surface area contributed by atoms with Crippen LogP contribution in [0, 0.1) is 0 Å². The molecule has 0 amide bonds. The number of aliphatic hydroxyl groups excluding tert-OH is 1. The van der Waals surface area contributed by atoms with Crippen LogP contribution in [0.15, 0.2) is 12.4 Å². The van der Waals surface area contributed by atoms with Crippen molar-refractivity contribution >= 4 is 5.78 Å². The number of halogens is 3. The Morgan fingerprint density at radius 3 is 2.20 bits per heavy atom. The number of hydrogen-bond acceptors (Lipinski definition) is 5. The van der Waals surface area contributed by atoms with Crippen LogP contribution in [-0.4, -0.2) is 32.3 Å². The molecule has 0 atom stereocenters. The SMILES string of the molecule is O=C(c1cnc(C(F)(F)F)cn1)C(O)O. The molecule has 0 saturated carbocycles. The van der Waals surface area contributed by atoms with Crippen LogP contribution < -0.4 is 0 Å². The molecule has 0 aromatic carbocycles. The standard InChI is InChI=1S/C7H5F3N2O3/c8-7(9,10)4-2-11-3(1-12-4)5(13)6(14)15/h1-2,6,14-15H. The first-order chi connectivity index (χ1) is 6.82. The fraction of sp³-hybridized carbons (Fsp3) is 0.286. The minimum absolute atomic E-state index is 0.343. The van der Waals surface area contributed by atoms with Crippen molar-refractivity contribution in [3.63, 3.8) is 0 Å². The molecule has 0 fully saturated rings. The summed E-state index contributed by atoms with van der Waals surface area (Å²) in [5.74, 6) is -1.21. The molecule has 0 saturated heterocycles. The zero-order chi connectivity index (χ0) is 11.6. The fourth-order valence-electron chi connectivity index (χ4n) is 0.734. The van der Waals surface area contributed by atoms with Gasteiger partial charge < -0.3 is 10.2 Å². The summed E-state index contributed by atoms with van der Waals surface area (Å²) in [5.41, 5.74) is -1.80. The Hall–Kier alpha value is -1.54. The molecule has 0 aliphatic heterocycles. The van der Waals surface area contributed by atoms with Crippen molar-refractivity contribution in [3.05, 3.63) is 23.8 Å². The van der Waals surface area contributed by atoms with Gasteiger partial charge in [-0.15, -0.1) is 0 Å². The zero-order valence-corrected chi connectivity index (χ0v) is 7.06. The molecule has 15 heavy (non-hydrogen) atoms. The molecule has 0 radical (unpaired) electrons. The maximum atomic E-state index is 12.0. The molecule has 0 aliphatic rings. The lowest BCUT2D eigenvalue weighted by Crippen LogP contribution is -2.21. The number of carbonyl (C=O) groups is 1. The summed E-state index contributed by atoms with van der Waals surface area (Å²) in [6, 6.07) is 0. The van der Waals surface area contributed by atoms with Gasteiger partial charge in [-0.05, 0) is 0 Å². The Labute approximate surface area is 81.2 Å². The predicted octanol–water partition coefficient (Wildman–Crippen LogP) is -0.0112. The van der Waals surface area contributed by atoms with Gasteiger partial charge in [0.25, 0.3) is 0 Å². The third-order valence-electron chi connectivity index (χ3n) is 1.43. The van der Waals surface area contributed by atoms with E-state index in [2.05, 4.69) is 9.97 Å². The predicted molar refractivity (Wildman–Crippen MR) is 39.6 cm³/mol. The molecule has 1 heterocycles. The Morgan fingerprint density at radius 2 is 1.87 bits per heavy atom.